The van der Waals surface area contributed by atoms with E-state index in [0.29, 0.717) is 12.6 Å². The van der Waals surface area contributed by atoms with Gasteiger partial charge in [0.1, 0.15) is 0 Å². The number of hydrogen-bond donors (Lipinski definition) is 2. The quantitative estimate of drug-likeness (QED) is 0.455. The number of rotatable bonds is 8. The van der Waals surface area contributed by atoms with Gasteiger partial charge in [-0.25, -0.2) is 0 Å². The van der Waals surface area contributed by atoms with Crippen molar-refractivity contribution in [2.75, 3.05) is 25.1 Å². The first kappa shape index (κ1) is 12.8. The molecule has 0 bridgehead atoms. The summed E-state index contributed by atoms with van der Waals surface area (Å²) < 4.78 is 0. The van der Waals surface area contributed by atoms with Gasteiger partial charge in [-0.05, 0) is 24.9 Å². The molecule has 13 heavy (non-hydrogen) atoms. The summed E-state index contributed by atoms with van der Waals surface area (Å²) in [5.74, 6) is 3.82. The van der Waals surface area contributed by atoms with Crippen molar-refractivity contribution in [3.05, 3.63) is 0 Å². The second-order valence-electron chi connectivity index (χ2n) is 2.98. The first-order chi connectivity index (χ1) is 6.35. The zero-order valence-corrected chi connectivity index (χ0v) is 9.20. The van der Waals surface area contributed by atoms with Crippen molar-refractivity contribution >= 4 is 11.8 Å². The molecule has 0 spiro atoms. The van der Waals surface area contributed by atoms with E-state index in [1.807, 2.05) is 11.8 Å². The van der Waals surface area contributed by atoms with Gasteiger partial charge < -0.3 is 11.1 Å². The van der Waals surface area contributed by atoms with Crippen LogP contribution in [0.4, 0.5) is 0 Å². The van der Waals surface area contributed by atoms with E-state index in [1.165, 1.54) is 12.2 Å². The highest BCUT2D eigenvalue weighted by Crippen LogP contribution is 2.02. The van der Waals surface area contributed by atoms with E-state index >= 15 is 0 Å². The SMILES string of the molecule is C#CCCNC(CN)CCCSC. The molecule has 0 saturated carbocycles. The Morgan fingerprint density at radius 2 is 2.38 bits per heavy atom. The normalized spacial score (nSPS) is 12.4. The molecular formula is C10H20N2S. The molecule has 0 amide bonds. The molecule has 1 atom stereocenters. The van der Waals surface area contributed by atoms with Gasteiger partial charge in [0.15, 0.2) is 0 Å². The number of thioether (sulfide) groups is 1. The van der Waals surface area contributed by atoms with Crippen molar-refractivity contribution < 1.29 is 0 Å². The van der Waals surface area contributed by atoms with Crippen LogP contribution in [0.5, 0.6) is 0 Å². The Labute approximate surface area is 86.0 Å². The van der Waals surface area contributed by atoms with Crippen LogP contribution in [-0.2, 0) is 0 Å². The first-order valence-corrected chi connectivity index (χ1v) is 6.10. The Balaban J connectivity index is 3.35. The molecule has 0 aromatic heterocycles. The summed E-state index contributed by atoms with van der Waals surface area (Å²) in [6, 6.07) is 0.445. The van der Waals surface area contributed by atoms with Crippen LogP contribution in [0.3, 0.4) is 0 Å². The Bertz CT molecular complexity index is 142. The van der Waals surface area contributed by atoms with E-state index in [-0.39, 0.29) is 0 Å². The van der Waals surface area contributed by atoms with Crippen LogP contribution in [0.25, 0.3) is 0 Å². The zero-order chi connectivity index (χ0) is 9.94. The fourth-order valence-corrected chi connectivity index (χ4v) is 1.58. The Hall–Kier alpha value is -0.170. The van der Waals surface area contributed by atoms with E-state index in [2.05, 4.69) is 17.5 Å². The van der Waals surface area contributed by atoms with Crippen LogP contribution in [0.15, 0.2) is 0 Å². The second kappa shape index (κ2) is 9.91. The van der Waals surface area contributed by atoms with Crippen LogP contribution in [0, 0.1) is 12.3 Å². The van der Waals surface area contributed by atoms with E-state index in [4.69, 9.17) is 12.2 Å². The summed E-state index contributed by atoms with van der Waals surface area (Å²) in [6.45, 7) is 1.59. The van der Waals surface area contributed by atoms with Crippen molar-refractivity contribution in [3.63, 3.8) is 0 Å². The molecule has 76 valence electrons. The van der Waals surface area contributed by atoms with E-state index in [0.717, 1.165) is 19.4 Å². The third-order valence-electron chi connectivity index (χ3n) is 1.89. The molecule has 1 unspecified atom stereocenters. The average Bonchev–Trinajstić information content (AvgIpc) is 2.16. The minimum Gasteiger partial charge on any atom is -0.329 e. The largest absolute Gasteiger partial charge is 0.329 e. The Morgan fingerprint density at radius 3 is 2.92 bits per heavy atom. The molecule has 0 aliphatic carbocycles. The van der Waals surface area contributed by atoms with Gasteiger partial charge in [-0.1, -0.05) is 0 Å². The van der Waals surface area contributed by atoms with Gasteiger partial charge in [-0.15, -0.1) is 12.3 Å². The zero-order valence-electron chi connectivity index (χ0n) is 8.38. The molecule has 0 aliphatic rings. The lowest BCUT2D eigenvalue weighted by Crippen LogP contribution is -2.36. The van der Waals surface area contributed by atoms with Gasteiger partial charge >= 0.3 is 0 Å². The highest BCUT2D eigenvalue weighted by Gasteiger charge is 2.03. The monoisotopic (exact) mass is 200 g/mol. The lowest BCUT2D eigenvalue weighted by molar-refractivity contribution is 0.491. The van der Waals surface area contributed by atoms with Crippen molar-refractivity contribution in [1.82, 2.24) is 5.32 Å². The minimum absolute atomic E-state index is 0.445. The highest BCUT2D eigenvalue weighted by atomic mass is 32.2. The molecule has 2 nitrogen and oxygen atoms in total. The van der Waals surface area contributed by atoms with Gasteiger partial charge in [0.05, 0.1) is 0 Å². The maximum absolute atomic E-state index is 5.62. The molecule has 0 aliphatic heterocycles. The van der Waals surface area contributed by atoms with E-state index in [9.17, 15) is 0 Å². The lowest BCUT2D eigenvalue weighted by atomic mass is 10.1. The fraction of sp³-hybridized carbons (Fsp3) is 0.800. The van der Waals surface area contributed by atoms with Crippen LogP contribution in [0.2, 0.25) is 0 Å². The molecule has 0 radical (unpaired) electrons. The van der Waals surface area contributed by atoms with Gasteiger partial charge in [0.25, 0.3) is 0 Å². The van der Waals surface area contributed by atoms with Gasteiger partial charge in [-0.3, -0.25) is 0 Å². The molecule has 0 aromatic carbocycles. The summed E-state index contributed by atoms with van der Waals surface area (Å²) in [4.78, 5) is 0. The molecule has 0 aromatic rings. The van der Waals surface area contributed by atoms with Crippen LogP contribution >= 0.6 is 11.8 Å². The molecule has 0 fully saturated rings. The summed E-state index contributed by atoms with van der Waals surface area (Å²) in [5.41, 5.74) is 5.62. The third-order valence-corrected chi connectivity index (χ3v) is 2.58. The summed E-state index contributed by atoms with van der Waals surface area (Å²) in [7, 11) is 0. The summed E-state index contributed by atoms with van der Waals surface area (Å²) in [5, 5.41) is 3.35. The Kier molecular flexibility index (Phi) is 9.78. The molecular weight excluding hydrogens is 180 g/mol. The van der Waals surface area contributed by atoms with Gasteiger partial charge in [-0.2, -0.15) is 11.8 Å². The molecule has 0 rings (SSSR count). The van der Waals surface area contributed by atoms with Crippen LogP contribution in [0.1, 0.15) is 19.3 Å². The number of hydrogen-bond acceptors (Lipinski definition) is 3. The van der Waals surface area contributed by atoms with Crippen LogP contribution in [-0.4, -0.2) is 31.1 Å². The molecule has 3 heteroatoms. The standard InChI is InChI=1S/C10H20N2S/c1-3-4-7-12-10(9-11)6-5-8-13-2/h1,10,12H,4-9,11H2,2H3. The van der Waals surface area contributed by atoms with E-state index < -0.39 is 0 Å². The smallest absolute Gasteiger partial charge is 0.0212 e. The van der Waals surface area contributed by atoms with Crippen molar-refractivity contribution in [2.45, 2.75) is 25.3 Å². The highest BCUT2D eigenvalue weighted by molar-refractivity contribution is 7.98. The van der Waals surface area contributed by atoms with Crippen LogP contribution < -0.4 is 11.1 Å². The summed E-state index contributed by atoms with van der Waals surface area (Å²) >= 11 is 1.88. The maximum atomic E-state index is 5.62. The fourth-order valence-electron chi connectivity index (χ4n) is 1.13. The average molecular weight is 200 g/mol. The second-order valence-corrected chi connectivity index (χ2v) is 3.96. The topological polar surface area (TPSA) is 38.0 Å². The minimum atomic E-state index is 0.445. The molecule has 0 saturated heterocycles. The van der Waals surface area contributed by atoms with Crippen molar-refractivity contribution in [1.29, 1.82) is 0 Å². The van der Waals surface area contributed by atoms with E-state index in [1.54, 1.807) is 0 Å². The van der Waals surface area contributed by atoms with Crippen molar-refractivity contribution in [2.24, 2.45) is 5.73 Å². The van der Waals surface area contributed by atoms with Gasteiger partial charge in [0.2, 0.25) is 0 Å². The molecule has 0 heterocycles. The maximum Gasteiger partial charge on any atom is 0.0212 e. The lowest BCUT2D eigenvalue weighted by Gasteiger charge is -2.15. The molecule has 3 N–H and O–H groups in total. The number of nitrogens with two attached hydrogens (primary N) is 1. The first-order valence-electron chi connectivity index (χ1n) is 4.71. The summed E-state index contributed by atoms with van der Waals surface area (Å²) in [6.07, 6.45) is 10.5. The number of terminal acetylenes is 1. The predicted octanol–water partition coefficient (Wildman–Crippen LogP) is 1.07. The number of nitrogens with one attached hydrogen (secondary N) is 1. The van der Waals surface area contributed by atoms with Crippen molar-refractivity contribution in [3.8, 4) is 12.3 Å². The van der Waals surface area contributed by atoms with Gasteiger partial charge in [0, 0.05) is 25.6 Å². The third kappa shape index (κ3) is 8.17. The predicted molar refractivity (Wildman–Crippen MR) is 61.9 cm³/mol. The Morgan fingerprint density at radius 1 is 1.62 bits per heavy atom.